The summed E-state index contributed by atoms with van der Waals surface area (Å²) in [6.07, 6.45) is 3.31. The highest BCUT2D eigenvalue weighted by Crippen LogP contribution is 2.46. The number of rotatable bonds is 2. The molecule has 2 aliphatic heterocycles. The van der Waals surface area contributed by atoms with Gasteiger partial charge in [-0.3, -0.25) is 9.69 Å². The number of fused-ring (bicyclic) bond motifs is 2. The lowest BCUT2D eigenvalue weighted by Crippen LogP contribution is -2.49. The second-order valence-electron chi connectivity index (χ2n) is 6.35. The number of nitrogens with zero attached hydrogens (tertiary/aromatic N) is 1. The average Bonchev–Trinajstić information content (AvgIpc) is 2.77. The number of esters is 1. The van der Waals surface area contributed by atoms with E-state index in [2.05, 4.69) is 48.1 Å². The third-order valence-electron chi connectivity index (χ3n) is 5.35. The highest BCUT2D eigenvalue weighted by atomic mass is 16.5. The Morgan fingerprint density at radius 3 is 2.64 bits per heavy atom. The van der Waals surface area contributed by atoms with Crippen LogP contribution in [0.25, 0.3) is 0 Å². The van der Waals surface area contributed by atoms with Gasteiger partial charge in [0.25, 0.3) is 0 Å². The Kier molecular flexibility index (Phi) is 4.22. The van der Waals surface area contributed by atoms with Crippen LogP contribution in [0.2, 0.25) is 0 Å². The van der Waals surface area contributed by atoms with E-state index in [1.54, 1.807) is 0 Å². The van der Waals surface area contributed by atoms with Gasteiger partial charge in [-0.25, -0.2) is 0 Å². The predicted molar refractivity (Wildman–Crippen MR) is 86.4 cm³/mol. The van der Waals surface area contributed by atoms with Gasteiger partial charge in [0, 0.05) is 23.6 Å². The van der Waals surface area contributed by atoms with E-state index in [-0.39, 0.29) is 17.8 Å². The van der Waals surface area contributed by atoms with Gasteiger partial charge >= 0.3 is 5.97 Å². The van der Waals surface area contributed by atoms with Crippen LogP contribution < -0.4 is 0 Å². The van der Waals surface area contributed by atoms with E-state index in [4.69, 9.17) is 4.74 Å². The first-order valence-corrected chi connectivity index (χ1v) is 7.98. The van der Waals surface area contributed by atoms with Crippen LogP contribution in [-0.4, -0.2) is 37.1 Å². The van der Waals surface area contributed by atoms with Crippen molar-refractivity contribution in [2.75, 3.05) is 14.2 Å². The predicted octanol–water partition coefficient (Wildman–Crippen LogP) is 2.80. The molecule has 0 radical (unpaired) electrons. The van der Waals surface area contributed by atoms with Crippen molar-refractivity contribution in [3.63, 3.8) is 0 Å². The molecule has 116 valence electrons. The van der Waals surface area contributed by atoms with Crippen LogP contribution in [-0.2, 0) is 9.53 Å². The van der Waals surface area contributed by atoms with Crippen molar-refractivity contribution in [2.24, 2.45) is 5.92 Å². The molecule has 2 aliphatic rings. The van der Waals surface area contributed by atoms with Gasteiger partial charge in [-0.1, -0.05) is 18.1 Å². The van der Waals surface area contributed by atoms with Crippen LogP contribution in [0.3, 0.4) is 0 Å². The Morgan fingerprint density at radius 1 is 1.27 bits per heavy atom. The molecule has 1 aromatic rings. The van der Waals surface area contributed by atoms with Crippen molar-refractivity contribution < 1.29 is 9.53 Å². The van der Waals surface area contributed by atoms with Crippen molar-refractivity contribution in [2.45, 2.75) is 44.2 Å². The molecule has 2 saturated heterocycles. The zero-order valence-corrected chi connectivity index (χ0v) is 13.5. The molecule has 3 rings (SSSR count). The van der Waals surface area contributed by atoms with Crippen LogP contribution in [0.5, 0.6) is 0 Å². The first-order valence-electron chi connectivity index (χ1n) is 7.98. The van der Waals surface area contributed by atoms with Crippen LogP contribution >= 0.6 is 0 Å². The van der Waals surface area contributed by atoms with Gasteiger partial charge in [-0.15, -0.1) is 5.92 Å². The monoisotopic (exact) mass is 297 g/mol. The zero-order chi connectivity index (χ0) is 15.7. The molecule has 0 spiro atoms. The van der Waals surface area contributed by atoms with Gasteiger partial charge in [-0.2, -0.15) is 0 Å². The lowest BCUT2D eigenvalue weighted by molar-refractivity contribution is -0.150. The Labute approximate surface area is 132 Å². The zero-order valence-electron chi connectivity index (χ0n) is 13.5. The number of benzene rings is 1. The molecule has 2 unspecified atom stereocenters. The van der Waals surface area contributed by atoms with E-state index >= 15 is 0 Å². The smallest absolute Gasteiger partial charge is 0.310 e. The standard InChI is InChI=1S/C19H23NO2/c1-4-5-13-6-8-14(9-7-13)16-12-15-10-11-17(20(15)2)18(16)19(21)22-3/h6-9,15-18H,10-12H2,1-3H3/t15?,16-,17-,18?/m1/s1. The van der Waals surface area contributed by atoms with Crippen LogP contribution in [0.1, 0.15) is 43.2 Å². The van der Waals surface area contributed by atoms with Crippen molar-refractivity contribution in [3.05, 3.63) is 35.4 Å². The topological polar surface area (TPSA) is 29.5 Å². The average molecular weight is 297 g/mol. The third kappa shape index (κ3) is 2.53. The Hall–Kier alpha value is -1.79. The fourth-order valence-electron chi connectivity index (χ4n) is 4.22. The lowest BCUT2D eigenvalue weighted by Gasteiger charge is -2.41. The van der Waals surface area contributed by atoms with E-state index in [1.807, 2.05) is 6.92 Å². The molecule has 2 fully saturated rings. The van der Waals surface area contributed by atoms with Gasteiger partial charge in [0.05, 0.1) is 13.0 Å². The summed E-state index contributed by atoms with van der Waals surface area (Å²) in [5.74, 6) is 6.11. The Morgan fingerprint density at radius 2 is 2.00 bits per heavy atom. The van der Waals surface area contributed by atoms with Crippen molar-refractivity contribution in [3.8, 4) is 11.8 Å². The molecule has 2 heterocycles. The molecule has 3 nitrogen and oxygen atoms in total. The molecule has 3 heteroatoms. The summed E-state index contributed by atoms with van der Waals surface area (Å²) >= 11 is 0. The molecular formula is C19H23NO2. The van der Waals surface area contributed by atoms with Crippen LogP contribution in [0.4, 0.5) is 0 Å². The second-order valence-corrected chi connectivity index (χ2v) is 6.35. The quantitative estimate of drug-likeness (QED) is 0.621. The molecule has 2 bridgehead atoms. The van der Waals surface area contributed by atoms with E-state index in [1.165, 1.54) is 19.1 Å². The lowest BCUT2D eigenvalue weighted by atomic mass is 9.76. The number of methoxy groups -OCH3 is 1. The summed E-state index contributed by atoms with van der Waals surface area (Å²) in [6.45, 7) is 1.84. The molecule has 0 N–H and O–H groups in total. The van der Waals surface area contributed by atoms with Gasteiger partial charge < -0.3 is 4.74 Å². The van der Waals surface area contributed by atoms with Crippen molar-refractivity contribution >= 4 is 5.97 Å². The SMILES string of the molecule is CC#Cc1ccc([C@H]2CC3CC[C@H](C2C(=O)OC)N3C)cc1. The van der Waals surface area contributed by atoms with Gasteiger partial charge in [0.15, 0.2) is 0 Å². The van der Waals surface area contributed by atoms with E-state index in [0.717, 1.165) is 18.4 Å². The largest absolute Gasteiger partial charge is 0.469 e. The van der Waals surface area contributed by atoms with E-state index in [0.29, 0.717) is 12.1 Å². The van der Waals surface area contributed by atoms with Crippen molar-refractivity contribution in [1.29, 1.82) is 0 Å². The van der Waals surface area contributed by atoms with Gasteiger partial charge in [0.2, 0.25) is 0 Å². The summed E-state index contributed by atoms with van der Waals surface area (Å²) < 4.78 is 5.11. The molecule has 0 aromatic heterocycles. The summed E-state index contributed by atoms with van der Waals surface area (Å²) in [5.41, 5.74) is 2.26. The first-order chi connectivity index (χ1) is 10.7. The van der Waals surface area contributed by atoms with Crippen LogP contribution in [0, 0.1) is 17.8 Å². The fraction of sp³-hybridized carbons (Fsp3) is 0.526. The number of hydrogen-bond acceptors (Lipinski definition) is 3. The minimum Gasteiger partial charge on any atom is -0.469 e. The van der Waals surface area contributed by atoms with Gasteiger partial charge in [-0.05, 0) is 50.9 Å². The fourth-order valence-corrected chi connectivity index (χ4v) is 4.22. The summed E-state index contributed by atoms with van der Waals surface area (Å²) in [4.78, 5) is 14.8. The number of piperidine rings is 1. The number of hydrogen-bond donors (Lipinski definition) is 0. The number of ether oxygens (including phenoxy) is 1. The molecule has 4 atom stereocenters. The maximum Gasteiger partial charge on any atom is 0.310 e. The second kappa shape index (κ2) is 6.14. The molecule has 1 aromatic carbocycles. The maximum absolute atomic E-state index is 12.4. The number of carbonyl (C=O) groups excluding carboxylic acids is 1. The molecule has 0 amide bonds. The number of carbonyl (C=O) groups is 1. The normalized spacial score (nSPS) is 30.5. The van der Waals surface area contributed by atoms with E-state index < -0.39 is 0 Å². The minimum absolute atomic E-state index is 0.0585. The van der Waals surface area contributed by atoms with E-state index in [9.17, 15) is 4.79 Å². The molecule has 22 heavy (non-hydrogen) atoms. The molecular weight excluding hydrogens is 274 g/mol. The van der Waals surface area contributed by atoms with Crippen LogP contribution in [0.15, 0.2) is 24.3 Å². The van der Waals surface area contributed by atoms with Gasteiger partial charge in [0.1, 0.15) is 0 Å². The first kappa shape index (κ1) is 15.1. The van der Waals surface area contributed by atoms with Crippen molar-refractivity contribution in [1.82, 2.24) is 4.90 Å². The molecule has 0 saturated carbocycles. The minimum atomic E-state index is -0.0698. The third-order valence-corrected chi connectivity index (χ3v) is 5.35. The highest BCUT2D eigenvalue weighted by Gasteiger charge is 2.49. The Bertz CT molecular complexity index is 611. The summed E-state index contributed by atoms with van der Waals surface area (Å²) in [7, 11) is 3.65. The maximum atomic E-state index is 12.4. The summed E-state index contributed by atoms with van der Waals surface area (Å²) in [5, 5.41) is 0. The Balaban J connectivity index is 1.92. The highest BCUT2D eigenvalue weighted by molar-refractivity contribution is 5.75. The molecule has 0 aliphatic carbocycles. The summed E-state index contributed by atoms with van der Waals surface area (Å²) in [6, 6.07) is 9.27.